The number of rotatable bonds is 4. The average molecular weight is 317 g/mol. The zero-order valence-electron chi connectivity index (χ0n) is 10.0. The van der Waals surface area contributed by atoms with E-state index >= 15 is 0 Å². The van der Waals surface area contributed by atoms with Gasteiger partial charge in [0.1, 0.15) is 21.4 Å². The van der Waals surface area contributed by atoms with Crippen LogP contribution in [-0.2, 0) is 5.75 Å². The van der Waals surface area contributed by atoms with Crippen LogP contribution in [0.2, 0.25) is 4.47 Å². The van der Waals surface area contributed by atoms with Gasteiger partial charge in [0.2, 0.25) is 4.47 Å². The van der Waals surface area contributed by atoms with Gasteiger partial charge in [-0.05, 0) is 25.4 Å². The molecule has 0 saturated carbocycles. The molecule has 0 bridgehead atoms. The molecule has 0 amide bonds. The highest BCUT2D eigenvalue weighted by Gasteiger charge is 2.18. The molecule has 0 saturated heterocycles. The molecule has 19 heavy (non-hydrogen) atoms. The average Bonchev–Trinajstić information content (AvgIpc) is 2.71. The third-order valence-corrected chi connectivity index (χ3v) is 4.35. The third-order valence-electron chi connectivity index (χ3n) is 2.16. The fraction of sp³-hybridized carbons (Fsp3) is 0.300. The summed E-state index contributed by atoms with van der Waals surface area (Å²) in [6.07, 6.45) is 0. The lowest BCUT2D eigenvalue weighted by atomic mass is 10.2. The standard InChI is InChI=1S/C10H9ClN4O2S2/c1-4-7(9(16)17)8(13-5(2)12-4)18-3-6-14-15-10(11)19-6/h3H2,1-2H3,(H,16,17). The summed E-state index contributed by atoms with van der Waals surface area (Å²) in [6, 6.07) is 0. The Bertz CT molecular complexity index is 632. The first-order valence-corrected chi connectivity index (χ1v) is 7.34. The van der Waals surface area contributed by atoms with Gasteiger partial charge in [-0.1, -0.05) is 23.1 Å². The van der Waals surface area contributed by atoms with Crippen molar-refractivity contribution < 1.29 is 9.90 Å². The van der Waals surface area contributed by atoms with Gasteiger partial charge in [0.05, 0.1) is 11.4 Å². The molecule has 0 unspecified atom stereocenters. The second-order valence-corrected chi connectivity index (χ2v) is 6.19. The molecule has 9 heteroatoms. The van der Waals surface area contributed by atoms with Crippen LogP contribution in [0.3, 0.4) is 0 Å². The number of thioether (sulfide) groups is 1. The fourth-order valence-electron chi connectivity index (χ4n) is 1.45. The van der Waals surface area contributed by atoms with Crippen LogP contribution in [0.1, 0.15) is 26.9 Å². The van der Waals surface area contributed by atoms with Crippen LogP contribution in [0.25, 0.3) is 0 Å². The van der Waals surface area contributed by atoms with Crippen LogP contribution >= 0.6 is 34.7 Å². The molecule has 0 atom stereocenters. The van der Waals surface area contributed by atoms with Crippen molar-refractivity contribution in [1.29, 1.82) is 0 Å². The molecule has 0 radical (unpaired) electrons. The Kier molecular flexibility index (Phi) is 4.33. The van der Waals surface area contributed by atoms with E-state index < -0.39 is 5.97 Å². The smallest absolute Gasteiger partial charge is 0.340 e. The van der Waals surface area contributed by atoms with E-state index in [0.717, 1.165) is 5.01 Å². The normalized spacial score (nSPS) is 10.7. The molecular formula is C10H9ClN4O2S2. The number of aryl methyl sites for hydroxylation is 2. The van der Waals surface area contributed by atoms with Crippen LogP contribution in [0.15, 0.2) is 5.03 Å². The maximum absolute atomic E-state index is 11.2. The minimum atomic E-state index is -1.03. The van der Waals surface area contributed by atoms with E-state index in [0.29, 0.717) is 26.8 Å². The SMILES string of the molecule is Cc1nc(C)c(C(=O)O)c(SCc2nnc(Cl)s2)n1. The number of hydrogen-bond donors (Lipinski definition) is 1. The molecule has 1 N–H and O–H groups in total. The van der Waals surface area contributed by atoms with Crippen molar-refractivity contribution in [3.8, 4) is 0 Å². The summed E-state index contributed by atoms with van der Waals surface area (Å²) in [5, 5.41) is 17.9. The second kappa shape index (κ2) is 5.81. The van der Waals surface area contributed by atoms with Gasteiger partial charge in [-0.3, -0.25) is 0 Å². The lowest BCUT2D eigenvalue weighted by Crippen LogP contribution is -2.08. The van der Waals surface area contributed by atoms with Crippen LogP contribution in [0.4, 0.5) is 0 Å². The maximum atomic E-state index is 11.2. The summed E-state index contributed by atoms with van der Waals surface area (Å²) in [7, 11) is 0. The quantitative estimate of drug-likeness (QED) is 0.685. The molecule has 0 aliphatic rings. The van der Waals surface area contributed by atoms with Crippen LogP contribution in [0.5, 0.6) is 0 Å². The number of carbonyl (C=O) groups is 1. The zero-order chi connectivity index (χ0) is 14.0. The van der Waals surface area contributed by atoms with Gasteiger partial charge in [-0.2, -0.15) is 0 Å². The first kappa shape index (κ1) is 14.2. The number of halogens is 1. The van der Waals surface area contributed by atoms with Crippen molar-refractivity contribution in [2.75, 3.05) is 0 Å². The van der Waals surface area contributed by atoms with Crippen LogP contribution < -0.4 is 0 Å². The van der Waals surface area contributed by atoms with Crippen molar-refractivity contribution in [1.82, 2.24) is 20.2 Å². The number of aromatic carboxylic acids is 1. The van der Waals surface area contributed by atoms with Crippen LogP contribution in [-0.4, -0.2) is 31.2 Å². The summed E-state index contributed by atoms with van der Waals surface area (Å²) in [4.78, 5) is 19.5. The number of carboxylic acids is 1. The molecule has 2 aromatic heterocycles. The third kappa shape index (κ3) is 3.40. The molecular weight excluding hydrogens is 308 g/mol. The Morgan fingerprint density at radius 1 is 1.37 bits per heavy atom. The van der Waals surface area contributed by atoms with Gasteiger partial charge in [-0.25, -0.2) is 14.8 Å². The topological polar surface area (TPSA) is 88.9 Å². The molecule has 0 fully saturated rings. The largest absolute Gasteiger partial charge is 0.478 e. The predicted octanol–water partition coefficient (Wildman–Crippen LogP) is 2.59. The van der Waals surface area contributed by atoms with Crippen LogP contribution in [0, 0.1) is 13.8 Å². The summed E-state index contributed by atoms with van der Waals surface area (Å²) in [5.41, 5.74) is 0.587. The van der Waals surface area contributed by atoms with Gasteiger partial charge < -0.3 is 5.11 Å². The minimum absolute atomic E-state index is 0.131. The van der Waals surface area contributed by atoms with Crippen molar-refractivity contribution >= 4 is 40.7 Å². The lowest BCUT2D eigenvalue weighted by molar-refractivity contribution is 0.0690. The van der Waals surface area contributed by atoms with Crippen molar-refractivity contribution in [2.45, 2.75) is 24.6 Å². The lowest BCUT2D eigenvalue weighted by Gasteiger charge is -2.07. The Morgan fingerprint density at radius 3 is 2.68 bits per heavy atom. The monoisotopic (exact) mass is 316 g/mol. The molecule has 100 valence electrons. The van der Waals surface area contributed by atoms with Crippen molar-refractivity contribution in [2.24, 2.45) is 0 Å². The molecule has 2 heterocycles. The first-order chi connectivity index (χ1) is 8.97. The molecule has 0 aliphatic heterocycles. The van der Waals surface area contributed by atoms with Gasteiger partial charge >= 0.3 is 5.97 Å². The van der Waals surface area contributed by atoms with Crippen molar-refractivity contribution in [3.63, 3.8) is 0 Å². The van der Waals surface area contributed by atoms with E-state index in [1.54, 1.807) is 13.8 Å². The summed E-state index contributed by atoms with van der Waals surface area (Å²) in [5.74, 6) is -0.0174. The zero-order valence-corrected chi connectivity index (χ0v) is 12.4. The van der Waals surface area contributed by atoms with Gasteiger partial charge in [-0.15, -0.1) is 10.2 Å². The van der Waals surface area contributed by atoms with E-state index in [4.69, 9.17) is 11.6 Å². The number of carboxylic acid groups (broad SMARTS) is 1. The molecule has 6 nitrogen and oxygen atoms in total. The molecule has 0 aromatic carbocycles. The highest BCUT2D eigenvalue weighted by Crippen LogP contribution is 2.28. The van der Waals surface area contributed by atoms with Gasteiger partial charge in [0.15, 0.2) is 0 Å². The summed E-state index contributed by atoms with van der Waals surface area (Å²) in [6.45, 7) is 3.38. The van der Waals surface area contributed by atoms with E-state index in [9.17, 15) is 9.90 Å². The van der Waals surface area contributed by atoms with E-state index in [1.165, 1.54) is 23.1 Å². The van der Waals surface area contributed by atoms with Gasteiger partial charge in [0.25, 0.3) is 0 Å². The molecule has 0 spiro atoms. The Balaban J connectivity index is 2.26. The van der Waals surface area contributed by atoms with E-state index in [-0.39, 0.29) is 5.56 Å². The fourth-order valence-corrected chi connectivity index (χ4v) is 3.42. The number of hydrogen-bond acceptors (Lipinski definition) is 7. The summed E-state index contributed by atoms with van der Waals surface area (Å²) >= 11 is 8.24. The molecule has 0 aliphatic carbocycles. The number of aromatic nitrogens is 4. The highest BCUT2D eigenvalue weighted by molar-refractivity contribution is 7.98. The molecule has 2 rings (SSSR count). The Hall–Kier alpha value is -1.25. The second-order valence-electron chi connectivity index (χ2n) is 3.58. The molecule has 2 aromatic rings. The maximum Gasteiger partial charge on any atom is 0.340 e. The van der Waals surface area contributed by atoms with E-state index in [1.807, 2.05) is 0 Å². The Morgan fingerprint density at radius 2 is 2.11 bits per heavy atom. The first-order valence-electron chi connectivity index (χ1n) is 5.16. The van der Waals surface area contributed by atoms with Gasteiger partial charge in [0, 0.05) is 0 Å². The number of nitrogens with zero attached hydrogens (tertiary/aromatic N) is 4. The minimum Gasteiger partial charge on any atom is -0.478 e. The van der Waals surface area contributed by atoms with E-state index in [2.05, 4.69) is 20.2 Å². The predicted molar refractivity (Wildman–Crippen MR) is 72.9 cm³/mol. The Labute approximate surface area is 122 Å². The van der Waals surface area contributed by atoms with Crippen molar-refractivity contribution in [3.05, 3.63) is 26.6 Å². The summed E-state index contributed by atoms with van der Waals surface area (Å²) < 4.78 is 0.365. The highest BCUT2D eigenvalue weighted by atomic mass is 35.5.